The second-order valence-corrected chi connectivity index (χ2v) is 6.67. The van der Waals surface area contributed by atoms with E-state index in [0.717, 1.165) is 4.57 Å². The molecule has 8 nitrogen and oxygen atoms in total. The Balaban J connectivity index is 0.00000196. The van der Waals surface area contributed by atoms with Gasteiger partial charge in [0, 0.05) is 25.2 Å². The van der Waals surface area contributed by atoms with Crippen molar-refractivity contribution in [2.45, 2.75) is 31.3 Å². The lowest BCUT2D eigenvalue weighted by molar-refractivity contribution is 0.571. The van der Waals surface area contributed by atoms with Gasteiger partial charge in [0.1, 0.15) is 5.69 Å². The number of halogens is 3. The van der Waals surface area contributed by atoms with E-state index in [1.807, 2.05) is 0 Å². The molecule has 6 N–H and O–H groups in total. The summed E-state index contributed by atoms with van der Waals surface area (Å²) in [5, 5.41) is -0.406. The highest BCUT2D eigenvalue weighted by molar-refractivity contribution is 5.94. The molecule has 1 aliphatic heterocycles. The van der Waals surface area contributed by atoms with Crippen LogP contribution >= 0.6 is 12.4 Å². The molecule has 2 fully saturated rings. The molecule has 4 rings (SSSR count). The van der Waals surface area contributed by atoms with Crippen LogP contribution in [0.3, 0.4) is 0 Å². The monoisotopic (exact) mass is 388 g/mol. The van der Waals surface area contributed by atoms with Gasteiger partial charge in [-0.2, -0.15) is 4.68 Å². The van der Waals surface area contributed by atoms with E-state index in [2.05, 4.69) is 0 Å². The number of nitrogens with zero attached hydrogens (tertiary/aromatic N) is 3. The molecule has 2 heterocycles. The lowest BCUT2D eigenvalue weighted by atomic mass is 10.1. The summed E-state index contributed by atoms with van der Waals surface area (Å²) in [5.41, 5.74) is 8.65. The molecule has 0 spiro atoms. The quantitative estimate of drug-likeness (QED) is 0.492. The molecule has 142 valence electrons. The molecule has 1 saturated carbocycles. The zero-order valence-corrected chi connectivity index (χ0v) is 14.6. The van der Waals surface area contributed by atoms with Crippen LogP contribution in [0, 0.1) is 11.6 Å². The van der Waals surface area contributed by atoms with Crippen LogP contribution in [0.5, 0.6) is 0 Å². The molecule has 1 atom stereocenters. The third-order valence-corrected chi connectivity index (χ3v) is 4.91. The molecule has 0 amide bonds. The summed E-state index contributed by atoms with van der Waals surface area (Å²) in [6.45, 7) is 0.627. The molecule has 2 aromatic rings. The standard InChI is InChI=1S/C15H18F2N6O2.ClH/c16-9-11(19)8-12(10(17)13(9)21-4-3-6(18)5-21)22(7-1-2-7)15(25)23(20)14(8)24;/h6-7H,1-5,18-20H2;1H/t6-;/m0./s1. The van der Waals surface area contributed by atoms with Crippen molar-refractivity contribution in [3.63, 3.8) is 0 Å². The highest BCUT2D eigenvalue weighted by atomic mass is 35.5. The average molecular weight is 389 g/mol. The Morgan fingerprint density at radius 3 is 2.27 bits per heavy atom. The van der Waals surface area contributed by atoms with Gasteiger partial charge in [0.05, 0.1) is 16.6 Å². The van der Waals surface area contributed by atoms with Crippen molar-refractivity contribution in [1.82, 2.24) is 9.24 Å². The smallest absolute Gasteiger partial charge is 0.350 e. The third kappa shape index (κ3) is 2.43. The second kappa shape index (κ2) is 6.13. The van der Waals surface area contributed by atoms with Crippen molar-refractivity contribution in [3.8, 4) is 0 Å². The maximum Gasteiger partial charge on any atom is 0.350 e. The summed E-state index contributed by atoms with van der Waals surface area (Å²) >= 11 is 0. The molecular formula is C15H19ClF2N6O2. The summed E-state index contributed by atoms with van der Waals surface area (Å²) in [6, 6.07) is -0.489. The first-order valence-corrected chi connectivity index (χ1v) is 8.06. The van der Waals surface area contributed by atoms with Gasteiger partial charge in [-0.1, -0.05) is 0 Å². The number of nitrogens with two attached hydrogens (primary N) is 3. The number of nitrogen functional groups attached to an aromatic ring is 2. The first-order valence-electron chi connectivity index (χ1n) is 8.06. The predicted octanol–water partition coefficient (Wildman–Crippen LogP) is 0.0315. The Labute approximate surface area is 152 Å². The minimum absolute atomic E-state index is 0. The van der Waals surface area contributed by atoms with Crippen LogP contribution in [0.15, 0.2) is 9.59 Å². The van der Waals surface area contributed by atoms with Crippen molar-refractivity contribution in [1.29, 1.82) is 0 Å². The van der Waals surface area contributed by atoms with E-state index < -0.39 is 34.0 Å². The fourth-order valence-corrected chi connectivity index (χ4v) is 3.48. The van der Waals surface area contributed by atoms with Gasteiger partial charge in [0.15, 0.2) is 11.6 Å². The fourth-order valence-electron chi connectivity index (χ4n) is 3.48. The highest BCUT2D eigenvalue weighted by Crippen LogP contribution is 2.40. The number of aromatic nitrogens is 2. The molecule has 0 radical (unpaired) electrons. The summed E-state index contributed by atoms with van der Waals surface area (Å²) in [4.78, 5) is 26.2. The zero-order chi connectivity index (χ0) is 18.0. The van der Waals surface area contributed by atoms with Crippen molar-refractivity contribution in [3.05, 3.63) is 32.5 Å². The van der Waals surface area contributed by atoms with E-state index >= 15 is 4.39 Å². The van der Waals surface area contributed by atoms with Crippen molar-refractivity contribution in [2.75, 3.05) is 29.6 Å². The van der Waals surface area contributed by atoms with Gasteiger partial charge in [0.2, 0.25) is 0 Å². The Kier molecular flexibility index (Phi) is 4.35. The molecule has 26 heavy (non-hydrogen) atoms. The molecule has 1 aromatic heterocycles. The molecule has 1 aromatic carbocycles. The van der Waals surface area contributed by atoms with E-state index in [-0.39, 0.29) is 42.2 Å². The molecule has 2 aliphatic rings. The Morgan fingerprint density at radius 1 is 1.08 bits per heavy atom. The lowest BCUT2D eigenvalue weighted by Gasteiger charge is -2.23. The van der Waals surface area contributed by atoms with Crippen LogP contribution in [0.25, 0.3) is 10.9 Å². The summed E-state index contributed by atoms with van der Waals surface area (Å²) in [7, 11) is 0. The first-order chi connectivity index (χ1) is 11.8. The van der Waals surface area contributed by atoms with E-state index in [4.69, 9.17) is 17.3 Å². The average Bonchev–Trinajstić information content (AvgIpc) is 3.32. The predicted molar refractivity (Wildman–Crippen MR) is 97.3 cm³/mol. The van der Waals surface area contributed by atoms with Gasteiger partial charge < -0.3 is 22.2 Å². The van der Waals surface area contributed by atoms with Gasteiger partial charge in [-0.05, 0) is 19.3 Å². The van der Waals surface area contributed by atoms with Crippen molar-refractivity contribution < 1.29 is 8.78 Å². The number of hydrogen-bond donors (Lipinski definition) is 3. The zero-order valence-electron chi connectivity index (χ0n) is 13.7. The van der Waals surface area contributed by atoms with Crippen molar-refractivity contribution in [2.24, 2.45) is 5.73 Å². The number of fused-ring (bicyclic) bond motifs is 1. The molecule has 1 saturated heterocycles. The van der Waals surface area contributed by atoms with E-state index in [0.29, 0.717) is 30.5 Å². The summed E-state index contributed by atoms with van der Waals surface area (Å²) < 4.78 is 31.6. The SMILES string of the molecule is Cl.Nc1c(F)c(N2CC[C@H](N)C2)c(F)c2c1c(=O)n(N)c(=O)n2C1CC1. The summed E-state index contributed by atoms with van der Waals surface area (Å²) in [5.74, 6) is 3.50. The number of anilines is 2. The number of rotatable bonds is 2. The number of benzene rings is 1. The van der Waals surface area contributed by atoms with Gasteiger partial charge in [0.25, 0.3) is 5.56 Å². The van der Waals surface area contributed by atoms with Crippen LogP contribution < -0.4 is 33.5 Å². The van der Waals surface area contributed by atoms with Crippen LogP contribution in [0.2, 0.25) is 0 Å². The van der Waals surface area contributed by atoms with Gasteiger partial charge in [-0.3, -0.25) is 9.36 Å². The Hall–Kier alpha value is -2.33. The molecule has 0 bridgehead atoms. The van der Waals surface area contributed by atoms with Crippen LogP contribution in [0.1, 0.15) is 25.3 Å². The summed E-state index contributed by atoms with van der Waals surface area (Å²) in [6.07, 6.45) is 1.87. The minimum Gasteiger partial charge on any atom is -0.396 e. The molecule has 1 aliphatic carbocycles. The van der Waals surface area contributed by atoms with Gasteiger partial charge in [-0.15, -0.1) is 12.4 Å². The van der Waals surface area contributed by atoms with Gasteiger partial charge in [-0.25, -0.2) is 13.6 Å². The van der Waals surface area contributed by atoms with Crippen LogP contribution in [-0.4, -0.2) is 28.4 Å². The topological polar surface area (TPSA) is 125 Å². The van der Waals surface area contributed by atoms with Gasteiger partial charge >= 0.3 is 5.69 Å². The lowest BCUT2D eigenvalue weighted by Crippen LogP contribution is -2.45. The molecule has 0 unspecified atom stereocenters. The normalized spacial score (nSPS) is 19.8. The third-order valence-electron chi connectivity index (χ3n) is 4.91. The van der Waals surface area contributed by atoms with Crippen molar-refractivity contribution >= 4 is 34.7 Å². The van der Waals surface area contributed by atoms with E-state index in [1.54, 1.807) is 0 Å². The van der Waals surface area contributed by atoms with Crippen LogP contribution in [0.4, 0.5) is 20.2 Å². The Morgan fingerprint density at radius 2 is 1.73 bits per heavy atom. The van der Waals surface area contributed by atoms with Crippen LogP contribution in [-0.2, 0) is 0 Å². The Bertz CT molecular complexity index is 1020. The first kappa shape index (κ1) is 18.5. The molecular weight excluding hydrogens is 370 g/mol. The van der Waals surface area contributed by atoms with E-state index in [9.17, 15) is 14.0 Å². The van der Waals surface area contributed by atoms with E-state index in [1.165, 1.54) is 4.90 Å². The maximum absolute atomic E-state index is 15.3. The minimum atomic E-state index is -1.03. The highest BCUT2D eigenvalue weighted by Gasteiger charge is 2.34. The largest absolute Gasteiger partial charge is 0.396 e. The fraction of sp³-hybridized carbons (Fsp3) is 0.467. The maximum atomic E-state index is 15.3. The second-order valence-electron chi connectivity index (χ2n) is 6.67. The molecule has 11 heteroatoms. The number of hydrogen-bond acceptors (Lipinski definition) is 6.